The Kier molecular flexibility index (Phi) is 3.88. The number of hydrogen-bond acceptors (Lipinski definition) is 4. The minimum atomic E-state index is -4.88. The molecule has 0 saturated carbocycles. The predicted octanol–water partition coefficient (Wildman–Crippen LogP) is 2.38. The van der Waals surface area contributed by atoms with E-state index in [1.807, 2.05) is 0 Å². The van der Waals surface area contributed by atoms with Crippen molar-refractivity contribution in [2.24, 2.45) is 10.7 Å². The van der Waals surface area contributed by atoms with Gasteiger partial charge in [-0.25, -0.2) is 18.2 Å². The van der Waals surface area contributed by atoms with Gasteiger partial charge < -0.3 is 16.2 Å². The molecule has 122 valence electrons. The number of anilines is 1. The van der Waals surface area contributed by atoms with Crippen molar-refractivity contribution < 1.29 is 31.1 Å². The third-order valence-electron chi connectivity index (χ3n) is 3.25. The highest BCUT2D eigenvalue weighted by molar-refractivity contribution is 5.73. The molecule has 1 aromatic carbocycles. The highest BCUT2D eigenvalue weighted by Crippen LogP contribution is 2.42. The first-order chi connectivity index (χ1) is 10.1. The Bertz CT molecular complexity index is 618. The third kappa shape index (κ3) is 2.77. The van der Waals surface area contributed by atoms with Crippen molar-refractivity contribution in [1.82, 2.24) is 0 Å². The smallest absolute Gasteiger partial charge is 0.425 e. The summed E-state index contributed by atoms with van der Waals surface area (Å²) in [7, 11) is 0. The number of hydrogen-bond donors (Lipinski definition) is 2. The monoisotopic (exact) mass is 327 g/mol. The van der Waals surface area contributed by atoms with Crippen molar-refractivity contribution in [3.8, 4) is 0 Å². The Labute approximate surface area is 120 Å². The van der Waals surface area contributed by atoms with E-state index in [1.165, 1.54) is 0 Å². The summed E-state index contributed by atoms with van der Waals surface area (Å²) in [5.41, 5.74) is 7.10. The first kappa shape index (κ1) is 16.2. The van der Waals surface area contributed by atoms with Crippen molar-refractivity contribution in [2.75, 3.05) is 12.4 Å². The highest BCUT2D eigenvalue weighted by Gasteiger charge is 2.52. The number of nitrogen functional groups attached to an aromatic ring is 1. The predicted molar refractivity (Wildman–Crippen MR) is 65.6 cm³/mol. The van der Waals surface area contributed by atoms with Gasteiger partial charge in [-0.1, -0.05) is 0 Å². The number of nitrogens with zero attached hydrogens (tertiary/aromatic N) is 1. The molecule has 1 aliphatic heterocycles. The number of nitrogens with two attached hydrogens (primary N) is 2. The van der Waals surface area contributed by atoms with Crippen LogP contribution in [-0.4, -0.2) is 25.0 Å². The largest absolute Gasteiger partial charge is 0.452 e. The van der Waals surface area contributed by atoms with E-state index in [1.54, 1.807) is 0 Å². The number of benzene rings is 1. The van der Waals surface area contributed by atoms with Gasteiger partial charge in [0.1, 0.15) is 12.2 Å². The minimum absolute atomic E-state index is 0.287. The lowest BCUT2D eigenvalue weighted by Gasteiger charge is -2.36. The first-order valence-electron chi connectivity index (χ1n) is 5.99. The Morgan fingerprint density at radius 3 is 2.45 bits per heavy atom. The molecule has 1 aromatic rings. The van der Waals surface area contributed by atoms with E-state index < -0.39 is 54.1 Å². The number of aliphatic imine (C=N–C) groups is 1. The van der Waals surface area contributed by atoms with Gasteiger partial charge in [0.05, 0.1) is 0 Å². The molecular formula is C12H11F6N3O. The summed E-state index contributed by atoms with van der Waals surface area (Å²) < 4.78 is 83.6. The standard InChI is InChI=1S/C12H11F6N3O/c13-4-11(6-1-5(19)2-7(14)9(6)15)3-8(12(16,17)18)22-10(20)21-11/h1-2,8H,3-4,19H2,(H2,20,21)/t8-,11+/m0/s1. The molecule has 4 nitrogen and oxygen atoms in total. The Morgan fingerprint density at radius 1 is 1.27 bits per heavy atom. The maximum atomic E-state index is 13.9. The molecule has 2 atom stereocenters. The fourth-order valence-electron chi connectivity index (χ4n) is 2.23. The molecule has 1 aliphatic rings. The van der Waals surface area contributed by atoms with Crippen LogP contribution in [0.15, 0.2) is 17.1 Å². The number of halogens is 6. The second kappa shape index (κ2) is 5.25. The molecule has 4 N–H and O–H groups in total. The van der Waals surface area contributed by atoms with Crippen LogP contribution in [0, 0.1) is 11.6 Å². The van der Waals surface area contributed by atoms with Crippen molar-refractivity contribution >= 4 is 11.7 Å². The van der Waals surface area contributed by atoms with Crippen molar-refractivity contribution in [2.45, 2.75) is 24.2 Å². The summed E-state index contributed by atoms with van der Waals surface area (Å²) in [6.07, 6.45) is -8.46. The van der Waals surface area contributed by atoms with Gasteiger partial charge in [0.25, 0.3) is 6.02 Å². The SMILES string of the molecule is NC1=N[C@](CF)(c2cc(N)cc(F)c2F)C[C@@H](C(F)(F)F)O1. The van der Waals surface area contributed by atoms with Gasteiger partial charge in [0, 0.05) is 17.7 Å². The van der Waals surface area contributed by atoms with Crippen LogP contribution in [0.3, 0.4) is 0 Å². The molecule has 0 amide bonds. The third-order valence-corrected chi connectivity index (χ3v) is 3.25. The zero-order valence-electron chi connectivity index (χ0n) is 10.9. The maximum Gasteiger partial charge on any atom is 0.425 e. The maximum absolute atomic E-state index is 13.9. The summed E-state index contributed by atoms with van der Waals surface area (Å²) in [6.45, 7) is -1.54. The van der Waals surface area contributed by atoms with Gasteiger partial charge in [-0.3, -0.25) is 0 Å². The topological polar surface area (TPSA) is 73.6 Å². The van der Waals surface area contributed by atoms with E-state index >= 15 is 0 Å². The number of rotatable bonds is 2. The molecular weight excluding hydrogens is 316 g/mol. The van der Waals surface area contributed by atoms with Crippen molar-refractivity contribution in [1.29, 1.82) is 0 Å². The van der Waals surface area contributed by atoms with Crippen LogP contribution < -0.4 is 11.5 Å². The van der Waals surface area contributed by atoms with E-state index in [2.05, 4.69) is 9.73 Å². The molecule has 0 aliphatic carbocycles. The number of alkyl halides is 4. The molecule has 0 radical (unpaired) electrons. The first-order valence-corrected chi connectivity index (χ1v) is 5.99. The van der Waals surface area contributed by atoms with Crippen LogP contribution in [0.2, 0.25) is 0 Å². The quantitative estimate of drug-likeness (QED) is 0.647. The lowest BCUT2D eigenvalue weighted by atomic mass is 9.84. The zero-order chi connectivity index (χ0) is 16.7. The molecule has 1 heterocycles. The average molecular weight is 327 g/mol. The normalized spacial score (nSPS) is 25.5. The second-order valence-electron chi connectivity index (χ2n) is 4.83. The van der Waals surface area contributed by atoms with Gasteiger partial charge in [-0.2, -0.15) is 13.2 Å². The molecule has 22 heavy (non-hydrogen) atoms. The molecule has 10 heteroatoms. The molecule has 0 bridgehead atoms. The van der Waals surface area contributed by atoms with E-state index in [0.29, 0.717) is 6.07 Å². The van der Waals surface area contributed by atoms with E-state index in [0.717, 1.165) is 6.07 Å². The molecule has 2 rings (SSSR count). The summed E-state index contributed by atoms with van der Waals surface area (Å²) in [5.74, 6) is -2.96. The van der Waals surface area contributed by atoms with Crippen LogP contribution in [0.25, 0.3) is 0 Å². The average Bonchev–Trinajstić information content (AvgIpc) is 2.41. The fraction of sp³-hybridized carbons (Fsp3) is 0.417. The number of ether oxygens (including phenoxy) is 1. The summed E-state index contributed by atoms with van der Waals surface area (Å²) in [5, 5.41) is 0. The van der Waals surface area contributed by atoms with E-state index in [4.69, 9.17) is 11.5 Å². The molecule has 0 fully saturated rings. The molecule has 0 aromatic heterocycles. The second-order valence-corrected chi connectivity index (χ2v) is 4.83. The summed E-state index contributed by atoms with van der Waals surface area (Å²) >= 11 is 0. The van der Waals surface area contributed by atoms with Gasteiger partial charge in [-0.15, -0.1) is 0 Å². The minimum Gasteiger partial charge on any atom is -0.452 e. The van der Waals surface area contributed by atoms with Gasteiger partial charge >= 0.3 is 6.18 Å². The van der Waals surface area contributed by atoms with Crippen LogP contribution in [0.5, 0.6) is 0 Å². The number of amidine groups is 1. The zero-order valence-corrected chi connectivity index (χ0v) is 10.9. The Balaban J connectivity index is 2.60. The van der Waals surface area contributed by atoms with Gasteiger partial charge in [0.2, 0.25) is 0 Å². The van der Waals surface area contributed by atoms with Crippen LogP contribution in [-0.2, 0) is 10.3 Å². The lowest BCUT2D eigenvalue weighted by molar-refractivity contribution is -0.209. The van der Waals surface area contributed by atoms with E-state index in [9.17, 15) is 26.3 Å². The highest BCUT2D eigenvalue weighted by atomic mass is 19.4. The lowest BCUT2D eigenvalue weighted by Crippen LogP contribution is -2.48. The Morgan fingerprint density at radius 2 is 1.91 bits per heavy atom. The summed E-state index contributed by atoms with van der Waals surface area (Å²) in [4.78, 5) is 3.44. The molecule has 0 unspecified atom stereocenters. The van der Waals surface area contributed by atoms with E-state index in [-0.39, 0.29) is 5.69 Å². The fourth-order valence-corrected chi connectivity index (χ4v) is 2.23. The molecule has 0 spiro atoms. The van der Waals surface area contributed by atoms with Crippen molar-refractivity contribution in [3.05, 3.63) is 29.3 Å². The van der Waals surface area contributed by atoms with Gasteiger partial charge in [-0.05, 0) is 12.1 Å². The Hall–Kier alpha value is -2.13. The summed E-state index contributed by atoms with van der Waals surface area (Å²) in [6, 6.07) is 0.486. The van der Waals surface area contributed by atoms with Crippen LogP contribution >= 0.6 is 0 Å². The van der Waals surface area contributed by atoms with Gasteiger partial charge in [0.15, 0.2) is 17.7 Å². The molecule has 0 saturated heterocycles. The van der Waals surface area contributed by atoms with Crippen molar-refractivity contribution in [3.63, 3.8) is 0 Å². The van der Waals surface area contributed by atoms with Crippen LogP contribution in [0.1, 0.15) is 12.0 Å². The van der Waals surface area contributed by atoms with Crippen LogP contribution in [0.4, 0.5) is 32.0 Å².